The van der Waals surface area contributed by atoms with Crippen molar-refractivity contribution < 1.29 is 19.5 Å². The van der Waals surface area contributed by atoms with Crippen molar-refractivity contribution >= 4 is 21.9 Å². The van der Waals surface area contributed by atoms with Crippen molar-refractivity contribution in [1.82, 2.24) is 19.9 Å². The van der Waals surface area contributed by atoms with Crippen LogP contribution in [-0.4, -0.2) is 19.9 Å². The largest absolute Gasteiger partial charge is 0.455 e. The van der Waals surface area contributed by atoms with Gasteiger partial charge in [-0.2, -0.15) is 0 Å². The zero-order valence-corrected chi connectivity index (χ0v) is 33.5. The van der Waals surface area contributed by atoms with Crippen LogP contribution >= 0.6 is 0 Å². The quantitative estimate of drug-likeness (QED) is 0.175. The van der Waals surface area contributed by atoms with Gasteiger partial charge in [0.1, 0.15) is 22.8 Å². The van der Waals surface area contributed by atoms with E-state index in [-0.39, 0.29) is 61.2 Å². The highest BCUT2D eigenvalue weighted by Crippen LogP contribution is 2.44. The van der Waals surface area contributed by atoms with Gasteiger partial charge in [-0.1, -0.05) is 110 Å². The van der Waals surface area contributed by atoms with Crippen molar-refractivity contribution in [2.45, 2.75) is 118 Å². The molecule has 0 spiro atoms. The first-order valence-corrected chi connectivity index (χ1v) is 19.4. The number of rotatable bonds is 5. The van der Waals surface area contributed by atoms with Crippen LogP contribution in [0.4, 0.5) is 0 Å². The second kappa shape index (κ2) is 13.8. The number of hydrogen-bond donors (Lipinski definition) is 0. The highest BCUT2D eigenvalue weighted by Gasteiger charge is 2.28. The monoisotopic (exact) mass is 752 g/mol. The maximum Gasteiger partial charge on any atom is 0.163 e. The Morgan fingerprint density at radius 3 is 2.09 bits per heavy atom. The molecule has 7 aromatic rings. The molecule has 0 bridgehead atoms. The molecule has 3 heterocycles. The van der Waals surface area contributed by atoms with Crippen molar-refractivity contribution in [3.05, 3.63) is 119 Å². The Kier molecular flexibility index (Phi) is 6.56. The molecule has 0 aliphatic heterocycles. The topological polar surface area (TPSA) is 64.7 Å². The second-order valence-electron chi connectivity index (χ2n) is 18.1. The third-order valence-electron chi connectivity index (χ3n) is 11.1. The fourth-order valence-corrected chi connectivity index (χ4v) is 7.53. The summed E-state index contributed by atoms with van der Waals surface area (Å²) in [6, 6.07) is 20.2. The lowest BCUT2D eigenvalue weighted by molar-refractivity contribution is 0.224. The standard InChI is InChI=1S/C51H56N4O/c1-30-25-34(33-21-23-51(10,11)24-22-33)15-18-37(30)35-16-19-38(31(2)26-35)42-28-43(52-29-32(42)3)41-14-12-13-40-39-20-17-36(27-44(39)56-45(40)41)46-53-47(49(4,5)6)55-48(54-46)50(7,8)9/h12-20,25-29,33H,21-24H2,1-11H3/i1D3,2D3,3D3,18D,33D. The summed E-state index contributed by atoms with van der Waals surface area (Å²) in [4.78, 5) is 19.2. The molecule has 1 saturated carbocycles. The van der Waals surface area contributed by atoms with Crippen LogP contribution in [0.15, 0.2) is 89.5 Å². The van der Waals surface area contributed by atoms with E-state index in [1.807, 2.05) is 36.4 Å². The first kappa shape index (κ1) is 26.6. The molecular formula is C51H56N4O. The summed E-state index contributed by atoms with van der Waals surface area (Å²) in [5, 5.41) is 1.60. The van der Waals surface area contributed by atoms with Crippen molar-refractivity contribution in [2.24, 2.45) is 5.41 Å². The van der Waals surface area contributed by atoms with Gasteiger partial charge in [-0.3, -0.25) is 4.98 Å². The molecule has 3 aromatic heterocycles. The fraction of sp³-hybridized carbons (Fsp3) is 0.373. The Balaban J connectivity index is 1.26. The van der Waals surface area contributed by atoms with Crippen LogP contribution in [0.5, 0.6) is 0 Å². The molecule has 0 radical (unpaired) electrons. The van der Waals surface area contributed by atoms with Crippen LogP contribution in [0.3, 0.4) is 0 Å². The molecule has 286 valence electrons. The maximum atomic E-state index is 9.36. The number of aromatic nitrogens is 4. The number of furan rings is 1. The molecule has 4 aromatic carbocycles. The molecule has 8 rings (SSSR count). The lowest BCUT2D eigenvalue weighted by Gasteiger charge is -2.34. The first-order chi connectivity index (χ1) is 30.8. The van der Waals surface area contributed by atoms with Crippen molar-refractivity contribution in [3.63, 3.8) is 0 Å². The van der Waals surface area contributed by atoms with Gasteiger partial charge in [0.2, 0.25) is 0 Å². The summed E-state index contributed by atoms with van der Waals surface area (Å²) in [6.45, 7) is 8.45. The van der Waals surface area contributed by atoms with Gasteiger partial charge in [0, 0.05) is 52.6 Å². The summed E-state index contributed by atoms with van der Waals surface area (Å²) in [6.07, 6.45) is 3.83. The molecular weight excluding hydrogens is 685 g/mol. The fourth-order valence-electron chi connectivity index (χ4n) is 7.53. The summed E-state index contributed by atoms with van der Waals surface area (Å²) in [5.41, 5.74) is 2.37. The van der Waals surface area contributed by atoms with E-state index in [2.05, 4.69) is 60.4 Å². The highest BCUT2D eigenvalue weighted by atomic mass is 16.3. The summed E-state index contributed by atoms with van der Waals surface area (Å²) in [7, 11) is 0. The van der Waals surface area contributed by atoms with E-state index in [4.69, 9.17) is 31.7 Å². The minimum atomic E-state index is -2.81. The number of aryl methyl sites for hydroxylation is 3. The Labute approximate surface area is 348 Å². The predicted molar refractivity (Wildman–Crippen MR) is 233 cm³/mol. The average molecular weight is 752 g/mol. The molecule has 0 unspecified atom stereocenters. The summed E-state index contributed by atoms with van der Waals surface area (Å²) in [5.74, 6) is 0.792. The zero-order valence-electron chi connectivity index (χ0n) is 44.5. The number of benzene rings is 4. The van der Waals surface area contributed by atoms with Crippen molar-refractivity contribution in [3.8, 4) is 44.9 Å². The number of nitrogens with zero attached hydrogens (tertiary/aromatic N) is 4. The van der Waals surface area contributed by atoms with Crippen LogP contribution < -0.4 is 0 Å². The van der Waals surface area contributed by atoms with E-state index in [1.165, 1.54) is 30.5 Å². The molecule has 0 amide bonds. The molecule has 1 aliphatic rings. The lowest BCUT2D eigenvalue weighted by atomic mass is 9.71. The normalized spacial score (nSPS) is 19.3. The summed E-state index contributed by atoms with van der Waals surface area (Å²) >= 11 is 0. The summed E-state index contributed by atoms with van der Waals surface area (Å²) < 4.78 is 102. The van der Waals surface area contributed by atoms with E-state index in [9.17, 15) is 2.74 Å². The molecule has 0 N–H and O–H groups in total. The van der Waals surface area contributed by atoms with Crippen molar-refractivity contribution in [1.29, 1.82) is 0 Å². The van der Waals surface area contributed by atoms with Gasteiger partial charge >= 0.3 is 0 Å². The number of pyridine rings is 1. The Morgan fingerprint density at radius 2 is 1.39 bits per heavy atom. The van der Waals surface area contributed by atoms with Crippen LogP contribution in [0, 0.1) is 26.0 Å². The van der Waals surface area contributed by atoms with Gasteiger partial charge in [-0.25, -0.2) is 15.0 Å². The van der Waals surface area contributed by atoms with Gasteiger partial charge in [0.15, 0.2) is 5.82 Å². The minimum Gasteiger partial charge on any atom is -0.455 e. The van der Waals surface area contributed by atoms with Crippen LogP contribution in [0.25, 0.3) is 66.8 Å². The number of hydrogen-bond acceptors (Lipinski definition) is 5. The van der Waals surface area contributed by atoms with Gasteiger partial charge in [-0.05, 0) is 126 Å². The van der Waals surface area contributed by atoms with E-state index in [0.29, 0.717) is 58.3 Å². The molecule has 0 saturated heterocycles. The van der Waals surface area contributed by atoms with E-state index in [0.717, 1.165) is 29.2 Å². The predicted octanol–water partition coefficient (Wildman–Crippen LogP) is 14.0. The van der Waals surface area contributed by atoms with Crippen LogP contribution in [-0.2, 0) is 10.8 Å². The highest BCUT2D eigenvalue weighted by molar-refractivity contribution is 6.10. The smallest absolute Gasteiger partial charge is 0.163 e. The molecule has 56 heavy (non-hydrogen) atoms. The van der Waals surface area contributed by atoms with Gasteiger partial charge in [0.05, 0.1) is 7.06 Å². The van der Waals surface area contributed by atoms with Gasteiger partial charge < -0.3 is 4.42 Å². The SMILES string of the molecule is [2H]c1cc(C2([2H])CCC(C)(C)CC2)cc(C([2H])([2H])[2H])c1-c1ccc(-c2cc(-c3cccc4c3oc3cc(-c5nc(C(C)(C)C)nc(C(C)(C)C)n5)ccc34)ncc2C([2H])([2H])[2H])c(C([2H])([2H])[2H])c1. The van der Waals surface area contributed by atoms with E-state index >= 15 is 0 Å². The van der Waals surface area contributed by atoms with Crippen LogP contribution in [0.1, 0.15) is 136 Å². The average Bonchev–Trinajstić information content (AvgIpc) is 3.61. The Hall–Kier alpha value is -5.16. The van der Waals surface area contributed by atoms with E-state index < -0.39 is 26.4 Å². The first-order valence-electron chi connectivity index (χ1n) is 24.9. The minimum absolute atomic E-state index is 0.0338. The number of para-hydroxylation sites is 1. The Morgan fingerprint density at radius 1 is 0.696 bits per heavy atom. The maximum absolute atomic E-state index is 9.36. The third-order valence-corrected chi connectivity index (χ3v) is 11.1. The Bertz CT molecular complexity index is 3030. The number of fused-ring (bicyclic) bond motifs is 3. The third kappa shape index (κ3) is 7.17. The zero-order chi connectivity index (χ0) is 49.0. The van der Waals surface area contributed by atoms with Gasteiger partial charge in [-0.15, -0.1) is 0 Å². The van der Waals surface area contributed by atoms with Crippen molar-refractivity contribution in [2.75, 3.05) is 0 Å². The van der Waals surface area contributed by atoms with Crippen LogP contribution in [0.2, 0.25) is 0 Å². The molecule has 5 nitrogen and oxygen atoms in total. The molecule has 1 fully saturated rings. The van der Waals surface area contributed by atoms with E-state index in [1.54, 1.807) is 12.1 Å². The molecule has 1 aliphatic carbocycles. The van der Waals surface area contributed by atoms with Gasteiger partial charge in [0.25, 0.3) is 0 Å². The molecule has 5 heteroatoms. The molecule has 0 atom stereocenters. The lowest BCUT2D eigenvalue weighted by Crippen LogP contribution is -2.24. The second-order valence-corrected chi connectivity index (χ2v) is 18.1.